The molecule has 2 heterocycles. The van der Waals surface area contributed by atoms with Gasteiger partial charge in [-0.25, -0.2) is 15.0 Å². The van der Waals surface area contributed by atoms with Crippen molar-refractivity contribution in [2.45, 2.75) is 0 Å². The molecule has 2 aromatic heterocycles. The van der Waals surface area contributed by atoms with Gasteiger partial charge < -0.3 is 4.42 Å². The van der Waals surface area contributed by atoms with E-state index in [0.29, 0.717) is 17.5 Å². The third kappa shape index (κ3) is 5.22. The maximum atomic E-state index is 6.10. The Bertz CT molecular complexity index is 2920. The minimum absolute atomic E-state index is 0.618. The van der Waals surface area contributed by atoms with Crippen LogP contribution in [0.25, 0.3) is 99.9 Å². The lowest BCUT2D eigenvalue weighted by molar-refractivity contribution is 0.669. The molecule has 0 bridgehead atoms. The number of benzene rings is 8. The maximum absolute atomic E-state index is 6.10. The third-order valence-corrected chi connectivity index (χ3v) is 9.70. The highest BCUT2D eigenvalue weighted by Crippen LogP contribution is 2.35. The van der Waals surface area contributed by atoms with Crippen LogP contribution in [0.3, 0.4) is 0 Å². The molecule has 0 amide bonds. The monoisotopic (exact) mass is 651 g/mol. The second-order valence-electron chi connectivity index (χ2n) is 12.9. The fourth-order valence-electron chi connectivity index (χ4n) is 7.12. The van der Waals surface area contributed by atoms with Gasteiger partial charge in [0.1, 0.15) is 11.2 Å². The first kappa shape index (κ1) is 29.0. The van der Waals surface area contributed by atoms with Gasteiger partial charge in [-0.05, 0) is 86.3 Å². The van der Waals surface area contributed by atoms with Gasteiger partial charge in [-0.15, -0.1) is 0 Å². The van der Waals surface area contributed by atoms with Gasteiger partial charge in [-0.1, -0.05) is 133 Å². The van der Waals surface area contributed by atoms with Gasteiger partial charge in [0.05, 0.1) is 0 Å². The topological polar surface area (TPSA) is 51.8 Å². The molecule has 51 heavy (non-hydrogen) atoms. The molecule has 0 fully saturated rings. The van der Waals surface area contributed by atoms with E-state index < -0.39 is 0 Å². The summed E-state index contributed by atoms with van der Waals surface area (Å²) in [5.41, 5.74) is 9.29. The predicted octanol–water partition coefficient (Wildman–Crippen LogP) is 12.4. The standard InChI is InChI=1S/C47H29N3O/c1-2-11-31(12-3-1)45-48-46(50-47(49-45)38-24-25-44-42(29-38)41-17-6-7-19-43(41)51-44)37-23-22-34-26-33(20-21-35(34)28-37)32-14-8-15-36(27-32)40-18-9-13-30-10-4-5-16-39(30)40/h1-29H. The molecule has 0 N–H and O–H groups in total. The van der Waals surface area contributed by atoms with Crippen molar-refractivity contribution in [1.82, 2.24) is 15.0 Å². The van der Waals surface area contributed by atoms with E-state index in [0.717, 1.165) is 49.4 Å². The van der Waals surface area contributed by atoms with E-state index in [2.05, 4.69) is 115 Å². The number of fused-ring (bicyclic) bond motifs is 5. The largest absolute Gasteiger partial charge is 0.456 e. The molecule has 0 saturated carbocycles. The van der Waals surface area contributed by atoms with Crippen LogP contribution < -0.4 is 0 Å². The molecule has 4 heteroatoms. The van der Waals surface area contributed by atoms with Crippen LogP contribution in [0.15, 0.2) is 180 Å². The van der Waals surface area contributed by atoms with Gasteiger partial charge in [-0.2, -0.15) is 0 Å². The van der Waals surface area contributed by atoms with Gasteiger partial charge in [0.25, 0.3) is 0 Å². The minimum Gasteiger partial charge on any atom is -0.456 e. The molecule has 0 unspecified atom stereocenters. The fraction of sp³-hybridized carbons (Fsp3) is 0. The number of hydrogen-bond acceptors (Lipinski definition) is 4. The number of rotatable bonds is 5. The zero-order valence-electron chi connectivity index (χ0n) is 27.5. The van der Waals surface area contributed by atoms with Gasteiger partial charge in [0.15, 0.2) is 17.5 Å². The van der Waals surface area contributed by atoms with Gasteiger partial charge in [0, 0.05) is 27.5 Å². The van der Waals surface area contributed by atoms with Gasteiger partial charge >= 0.3 is 0 Å². The molecule has 0 aliphatic carbocycles. The zero-order chi connectivity index (χ0) is 33.7. The first-order chi connectivity index (χ1) is 25.2. The van der Waals surface area contributed by atoms with Crippen LogP contribution in [0.4, 0.5) is 0 Å². The van der Waals surface area contributed by atoms with Crippen molar-refractivity contribution >= 4 is 43.5 Å². The highest BCUT2D eigenvalue weighted by molar-refractivity contribution is 6.06. The van der Waals surface area contributed by atoms with Gasteiger partial charge in [-0.3, -0.25) is 0 Å². The summed E-state index contributed by atoms with van der Waals surface area (Å²) in [4.78, 5) is 15.0. The first-order valence-corrected chi connectivity index (χ1v) is 17.1. The lowest BCUT2D eigenvalue weighted by atomic mass is 9.94. The molecule has 0 radical (unpaired) electrons. The molecule has 8 aromatic carbocycles. The normalized spacial score (nSPS) is 11.5. The van der Waals surface area contributed by atoms with E-state index in [9.17, 15) is 0 Å². The van der Waals surface area contributed by atoms with E-state index in [4.69, 9.17) is 19.4 Å². The van der Waals surface area contributed by atoms with Crippen molar-refractivity contribution in [3.05, 3.63) is 176 Å². The summed E-state index contributed by atoms with van der Waals surface area (Å²) in [6, 6.07) is 61.3. The molecule has 4 nitrogen and oxygen atoms in total. The van der Waals surface area contributed by atoms with E-state index in [1.54, 1.807) is 0 Å². The lowest BCUT2D eigenvalue weighted by Gasteiger charge is -2.11. The summed E-state index contributed by atoms with van der Waals surface area (Å²) in [6.45, 7) is 0. The summed E-state index contributed by atoms with van der Waals surface area (Å²) >= 11 is 0. The van der Waals surface area contributed by atoms with Crippen molar-refractivity contribution in [3.8, 4) is 56.4 Å². The summed E-state index contributed by atoms with van der Waals surface area (Å²) in [5.74, 6) is 1.88. The summed E-state index contributed by atoms with van der Waals surface area (Å²) < 4.78 is 6.10. The molecule has 0 saturated heterocycles. The second-order valence-corrected chi connectivity index (χ2v) is 12.9. The fourth-order valence-corrected chi connectivity index (χ4v) is 7.12. The first-order valence-electron chi connectivity index (χ1n) is 17.1. The van der Waals surface area contributed by atoms with Crippen LogP contribution in [-0.2, 0) is 0 Å². The highest BCUT2D eigenvalue weighted by Gasteiger charge is 2.15. The molecule has 10 aromatic rings. The predicted molar refractivity (Wildman–Crippen MR) is 209 cm³/mol. The smallest absolute Gasteiger partial charge is 0.164 e. The maximum Gasteiger partial charge on any atom is 0.164 e. The highest BCUT2D eigenvalue weighted by atomic mass is 16.3. The summed E-state index contributed by atoms with van der Waals surface area (Å²) in [6.07, 6.45) is 0. The molecule has 238 valence electrons. The Kier molecular flexibility index (Phi) is 6.78. The van der Waals surface area contributed by atoms with Crippen LogP contribution in [0.1, 0.15) is 0 Å². The van der Waals surface area contributed by atoms with Crippen molar-refractivity contribution in [2.24, 2.45) is 0 Å². The Morgan fingerprint density at radius 1 is 0.294 bits per heavy atom. The van der Waals surface area contributed by atoms with Crippen molar-refractivity contribution in [3.63, 3.8) is 0 Å². The number of furan rings is 1. The van der Waals surface area contributed by atoms with Crippen molar-refractivity contribution in [2.75, 3.05) is 0 Å². The van der Waals surface area contributed by atoms with Crippen LogP contribution >= 0.6 is 0 Å². The molecule has 0 aliphatic rings. The van der Waals surface area contributed by atoms with Crippen molar-refractivity contribution in [1.29, 1.82) is 0 Å². The average molecular weight is 652 g/mol. The number of para-hydroxylation sites is 1. The second kappa shape index (κ2) is 11.9. The Morgan fingerprint density at radius 2 is 0.843 bits per heavy atom. The number of hydrogen-bond donors (Lipinski definition) is 0. The van der Waals surface area contributed by atoms with Crippen LogP contribution in [-0.4, -0.2) is 15.0 Å². The lowest BCUT2D eigenvalue weighted by Crippen LogP contribution is -2.00. The molecule has 0 spiro atoms. The SMILES string of the molecule is c1ccc(-c2nc(-c3ccc4cc(-c5cccc(-c6cccc7ccccc67)c5)ccc4c3)nc(-c3ccc4oc5ccccc5c4c3)n2)cc1. The molecular weight excluding hydrogens is 623 g/mol. The Balaban J connectivity index is 1.05. The van der Waals surface area contributed by atoms with Crippen LogP contribution in [0, 0.1) is 0 Å². The Hall–Kier alpha value is -6.91. The Labute approximate surface area is 294 Å². The number of aromatic nitrogens is 3. The van der Waals surface area contributed by atoms with E-state index >= 15 is 0 Å². The molecule has 0 atom stereocenters. The van der Waals surface area contributed by atoms with Crippen molar-refractivity contribution < 1.29 is 4.42 Å². The molecular formula is C47H29N3O. The van der Waals surface area contributed by atoms with Crippen LogP contribution in [0.5, 0.6) is 0 Å². The quantitative estimate of drug-likeness (QED) is 0.186. The Morgan fingerprint density at radius 3 is 1.69 bits per heavy atom. The van der Waals surface area contributed by atoms with E-state index in [1.807, 2.05) is 60.7 Å². The summed E-state index contributed by atoms with van der Waals surface area (Å²) in [5, 5.41) is 6.89. The van der Waals surface area contributed by atoms with Gasteiger partial charge in [0.2, 0.25) is 0 Å². The van der Waals surface area contributed by atoms with E-state index in [-0.39, 0.29) is 0 Å². The molecule has 0 aliphatic heterocycles. The molecule has 10 rings (SSSR count). The third-order valence-electron chi connectivity index (χ3n) is 9.70. The zero-order valence-corrected chi connectivity index (χ0v) is 27.5. The van der Waals surface area contributed by atoms with E-state index in [1.165, 1.54) is 33.0 Å². The average Bonchev–Trinajstić information content (AvgIpc) is 3.58. The minimum atomic E-state index is 0.618. The number of nitrogens with zero attached hydrogens (tertiary/aromatic N) is 3. The van der Waals surface area contributed by atoms with Crippen LogP contribution in [0.2, 0.25) is 0 Å². The summed E-state index contributed by atoms with van der Waals surface area (Å²) in [7, 11) is 0.